The zero-order valence-electron chi connectivity index (χ0n) is 12.3. The fraction of sp³-hybridized carbons (Fsp3) is 0.867. The van der Waals surface area contributed by atoms with Gasteiger partial charge in [-0.05, 0) is 46.0 Å². The van der Waals surface area contributed by atoms with Crippen LogP contribution in [-0.2, 0) is 14.3 Å². The molecule has 1 fully saturated rings. The summed E-state index contributed by atoms with van der Waals surface area (Å²) in [7, 11) is 0. The van der Waals surface area contributed by atoms with Gasteiger partial charge in [0.25, 0.3) is 0 Å². The molecular weight excluding hydrogens is 244 g/mol. The van der Waals surface area contributed by atoms with Crippen molar-refractivity contribution in [1.82, 2.24) is 0 Å². The lowest BCUT2D eigenvalue weighted by Gasteiger charge is -2.22. The second-order valence-corrected chi connectivity index (χ2v) is 6.38. The Labute approximate surface area is 115 Å². The van der Waals surface area contributed by atoms with Crippen molar-refractivity contribution in [2.75, 3.05) is 6.61 Å². The Morgan fingerprint density at radius 3 is 2.63 bits per heavy atom. The molecule has 0 aromatic carbocycles. The molecule has 1 rings (SSSR count). The number of carbonyl (C=O) groups is 2. The summed E-state index contributed by atoms with van der Waals surface area (Å²) in [6, 6.07) is 0. The van der Waals surface area contributed by atoms with Gasteiger partial charge in [0, 0.05) is 25.4 Å². The SMILES string of the molecule is CC(C)(C)OC(=O)C[C@H]1CCC(=O)[C@@H]1CCCCO. The molecule has 2 atom stereocenters. The molecule has 4 heteroatoms. The van der Waals surface area contributed by atoms with Gasteiger partial charge in [-0.15, -0.1) is 0 Å². The summed E-state index contributed by atoms with van der Waals surface area (Å²) in [5.74, 6) is 0.172. The first-order valence-corrected chi connectivity index (χ1v) is 7.19. The number of aliphatic hydroxyl groups excluding tert-OH is 1. The first kappa shape index (κ1) is 16.2. The molecule has 0 amide bonds. The van der Waals surface area contributed by atoms with Crippen LogP contribution in [0.3, 0.4) is 0 Å². The average Bonchev–Trinajstić information content (AvgIpc) is 2.59. The molecule has 0 radical (unpaired) electrons. The third-order valence-electron chi connectivity index (χ3n) is 3.52. The maximum Gasteiger partial charge on any atom is 0.306 e. The fourth-order valence-corrected chi connectivity index (χ4v) is 2.69. The lowest BCUT2D eigenvalue weighted by molar-refractivity contribution is -0.156. The summed E-state index contributed by atoms with van der Waals surface area (Å²) in [6.07, 6.45) is 4.07. The van der Waals surface area contributed by atoms with Crippen LogP contribution in [0.5, 0.6) is 0 Å². The van der Waals surface area contributed by atoms with Gasteiger partial charge in [0.15, 0.2) is 0 Å². The second kappa shape index (κ2) is 7.04. The van der Waals surface area contributed by atoms with Crippen molar-refractivity contribution >= 4 is 11.8 Å². The Kier molecular flexibility index (Phi) is 5.98. The summed E-state index contributed by atoms with van der Waals surface area (Å²) >= 11 is 0. The molecule has 110 valence electrons. The summed E-state index contributed by atoms with van der Waals surface area (Å²) < 4.78 is 5.32. The monoisotopic (exact) mass is 270 g/mol. The highest BCUT2D eigenvalue weighted by molar-refractivity contribution is 5.84. The van der Waals surface area contributed by atoms with E-state index in [9.17, 15) is 9.59 Å². The van der Waals surface area contributed by atoms with Crippen molar-refractivity contribution in [2.24, 2.45) is 11.8 Å². The van der Waals surface area contributed by atoms with Crippen molar-refractivity contribution in [2.45, 2.75) is 64.9 Å². The molecule has 0 aromatic rings. The van der Waals surface area contributed by atoms with Gasteiger partial charge >= 0.3 is 5.97 Å². The van der Waals surface area contributed by atoms with Gasteiger partial charge < -0.3 is 9.84 Å². The van der Waals surface area contributed by atoms with Crippen molar-refractivity contribution in [3.05, 3.63) is 0 Å². The molecule has 1 N–H and O–H groups in total. The predicted octanol–water partition coefficient (Wildman–Crippen LogP) is 2.48. The van der Waals surface area contributed by atoms with E-state index in [1.165, 1.54) is 0 Å². The van der Waals surface area contributed by atoms with Gasteiger partial charge in [0.05, 0.1) is 0 Å². The number of aliphatic hydroxyl groups is 1. The van der Waals surface area contributed by atoms with Crippen LogP contribution in [-0.4, -0.2) is 29.1 Å². The van der Waals surface area contributed by atoms with Crippen LogP contribution in [0.2, 0.25) is 0 Å². The zero-order chi connectivity index (χ0) is 14.5. The minimum atomic E-state index is -0.466. The van der Waals surface area contributed by atoms with E-state index in [4.69, 9.17) is 9.84 Å². The Morgan fingerprint density at radius 1 is 1.37 bits per heavy atom. The van der Waals surface area contributed by atoms with E-state index >= 15 is 0 Å². The number of rotatable bonds is 6. The maximum absolute atomic E-state index is 11.8. The lowest BCUT2D eigenvalue weighted by Crippen LogP contribution is -2.26. The van der Waals surface area contributed by atoms with Crippen LogP contribution < -0.4 is 0 Å². The van der Waals surface area contributed by atoms with Crippen LogP contribution in [0.4, 0.5) is 0 Å². The van der Waals surface area contributed by atoms with E-state index < -0.39 is 5.60 Å². The number of esters is 1. The Hall–Kier alpha value is -0.900. The van der Waals surface area contributed by atoms with Gasteiger partial charge in [0.1, 0.15) is 11.4 Å². The molecule has 0 bridgehead atoms. The first-order chi connectivity index (χ1) is 8.83. The third kappa shape index (κ3) is 5.72. The van der Waals surface area contributed by atoms with Crippen LogP contribution >= 0.6 is 0 Å². The van der Waals surface area contributed by atoms with Crippen molar-refractivity contribution in [3.63, 3.8) is 0 Å². The highest BCUT2D eigenvalue weighted by Gasteiger charge is 2.36. The maximum atomic E-state index is 11.8. The molecule has 0 aliphatic heterocycles. The number of ketones is 1. The summed E-state index contributed by atoms with van der Waals surface area (Å²) in [5, 5.41) is 8.79. The molecule has 1 aliphatic carbocycles. The van der Waals surface area contributed by atoms with E-state index in [0.717, 1.165) is 25.7 Å². The molecule has 1 saturated carbocycles. The number of Topliss-reactive ketones (excluding diaryl/α,β-unsaturated/α-hetero) is 1. The van der Waals surface area contributed by atoms with Crippen LogP contribution in [0.1, 0.15) is 59.3 Å². The number of carbonyl (C=O) groups excluding carboxylic acids is 2. The van der Waals surface area contributed by atoms with Crippen LogP contribution in [0.15, 0.2) is 0 Å². The number of ether oxygens (including phenoxy) is 1. The number of unbranched alkanes of at least 4 members (excludes halogenated alkanes) is 1. The summed E-state index contributed by atoms with van der Waals surface area (Å²) in [6.45, 7) is 5.72. The van der Waals surface area contributed by atoms with Gasteiger partial charge in [-0.3, -0.25) is 9.59 Å². The molecule has 19 heavy (non-hydrogen) atoms. The normalized spacial score (nSPS) is 23.7. The lowest BCUT2D eigenvalue weighted by atomic mass is 9.88. The molecule has 0 heterocycles. The molecule has 1 aliphatic rings. The molecule has 0 unspecified atom stereocenters. The van der Waals surface area contributed by atoms with E-state index in [-0.39, 0.29) is 30.2 Å². The van der Waals surface area contributed by atoms with Crippen LogP contribution in [0, 0.1) is 11.8 Å². The Bertz CT molecular complexity index is 317. The largest absolute Gasteiger partial charge is 0.460 e. The van der Waals surface area contributed by atoms with E-state index in [2.05, 4.69) is 0 Å². The summed E-state index contributed by atoms with van der Waals surface area (Å²) in [5.41, 5.74) is -0.466. The highest BCUT2D eigenvalue weighted by atomic mass is 16.6. The average molecular weight is 270 g/mol. The van der Waals surface area contributed by atoms with E-state index in [1.54, 1.807) is 0 Å². The van der Waals surface area contributed by atoms with Gasteiger partial charge in [-0.2, -0.15) is 0 Å². The number of hydrogen-bond acceptors (Lipinski definition) is 4. The molecule has 4 nitrogen and oxygen atoms in total. The molecule has 0 spiro atoms. The quantitative estimate of drug-likeness (QED) is 0.595. The highest BCUT2D eigenvalue weighted by Crippen LogP contribution is 2.35. The van der Waals surface area contributed by atoms with Crippen molar-refractivity contribution in [3.8, 4) is 0 Å². The minimum absolute atomic E-state index is 0.0148. The van der Waals surface area contributed by atoms with E-state index in [0.29, 0.717) is 12.8 Å². The predicted molar refractivity (Wildman–Crippen MR) is 72.6 cm³/mol. The topological polar surface area (TPSA) is 63.6 Å². The number of hydrogen-bond donors (Lipinski definition) is 1. The molecule has 0 saturated heterocycles. The van der Waals surface area contributed by atoms with Gasteiger partial charge in [0.2, 0.25) is 0 Å². The fourth-order valence-electron chi connectivity index (χ4n) is 2.69. The minimum Gasteiger partial charge on any atom is -0.460 e. The smallest absolute Gasteiger partial charge is 0.306 e. The third-order valence-corrected chi connectivity index (χ3v) is 3.52. The standard InChI is InChI=1S/C15H26O4/c1-15(2,3)19-14(18)10-11-7-8-13(17)12(11)6-4-5-9-16/h11-12,16H,4-10H2,1-3H3/t11-,12-/m1/s1. The van der Waals surface area contributed by atoms with Crippen molar-refractivity contribution < 1.29 is 19.4 Å². The van der Waals surface area contributed by atoms with Crippen LogP contribution in [0.25, 0.3) is 0 Å². The Balaban J connectivity index is 2.46. The first-order valence-electron chi connectivity index (χ1n) is 7.19. The molecule has 0 aromatic heterocycles. The molecular formula is C15H26O4. The van der Waals surface area contributed by atoms with E-state index in [1.807, 2.05) is 20.8 Å². The van der Waals surface area contributed by atoms with Gasteiger partial charge in [-0.1, -0.05) is 6.42 Å². The second-order valence-electron chi connectivity index (χ2n) is 6.38. The Morgan fingerprint density at radius 2 is 2.05 bits per heavy atom. The van der Waals surface area contributed by atoms with Gasteiger partial charge in [-0.25, -0.2) is 0 Å². The van der Waals surface area contributed by atoms with Crippen molar-refractivity contribution in [1.29, 1.82) is 0 Å². The summed E-state index contributed by atoms with van der Waals surface area (Å²) in [4.78, 5) is 23.7. The zero-order valence-corrected chi connectivity index (χ0v) is 12.3.